The van der Waals surface area contributed by atoms with Crippen LogP contribution in [0.4, 0.5) is 0 Å². The van der Waals surface area contributed by atoms with Gasteiger partial charge in [0.2, 0.25) is 0 Å². The summed E-state index contributed by atoms with van der Waals surface area (Å²) in [5.74, 6) is 0. The van der Waals surface area contributed by atoms with E-state index in [1.165, 1.54) is 0 Å². The SMILES string of the molecule is C.CCC(C)(C)O. The molecule has 0 amide bonds. The molecule has 0 unspecified atom stereocenters. The van der Waals surface area contributed by atoms with Crippen molar-refractivity contribution in [3.63, 3.8) is 0 Å². The average Bonchev–Trinajstić information content (AvgIpc) is 1.35. The number of hydrogen-bond donors (Lipinski definition) is 1. The highest BCUT2D eigenvalue weighted by molar-refractivity contribution is 4.59. The summed E-state index contributed by atoms with van der Waals surface area (Å²) in [6, 6.07) is 0. The summed E-state index contributed by atoms with van der Waals surface area (Å²) in [4.78, 5) is 0. The first-order chi connectivity index (χ1) is 2.56. The highest BCUT2D eigenvalue weighted by Gasteiger charge is 2.05. The minimum atomic E-state index is -0.458. The largest absolute Gasteiger partial charge is 0.390 e. The average molecular weight is 104 g/mol. The molecular formula is C6H16O. The van der Waals surface area contributed by atoms with Crippen LogP contribution < -0.4 is 0 Å². The lowest BCUT2D eigenvalue weighted by Gasteiger charge is -2.11. The molecule has 0 aromatic rings. The van der Waals surface area contributed by atoms with Crippen LogP contribution in [0.15, 0.2) is 0 Å². The lowest BCUT2D eigenvalue weighted by molar-refractivity contribution is 0.0765. The van der Waals surface area contributed by atoms with Gasteiger partial charge in [-0.2, -0.15) is 0 Å². The molecule has 0 aromatic heterocycles. The van der Waals surface area contributed by atoms with Gasteiger partial charge in [-0.3, -0.25) is 0 Å². The van der Waals surface area contributed by atoms with Crippen LogP contribution in [-0.2, 0) is 0 Å². The van der Waals surface area contributed by atoms with Crippen LogP contribution in [0.25, 0.3) is 0 Å². The van der Waals surface area contributed by atoms with E-state index in [1.807, 2.05) is 6.92 Å². The molecule has 0 saturated heterocycles. The Balaban J connectivity index is 0. The summed E-state index contributed by atoms with van der Waals surface area (Å²) in [6.45, 7) is 5.56. The number of rotatable bonds is 1. The second-order valence-corrected chi connectivity index (χ2v) is 2.17. The van der Waals surface area contributed by atoms with Crippen molar-refractivity contribution in [2.75, 3.05) is 0 Å². The molecule has 7 heavy (non-hydrogen) atoms. The van der Waals surface area contributed by atoms with E-state index in [4.69, 9.17) is 5.11 Å². The summed E-state index contributed by atoms with van der Waals surface area (Å²) in [5.41, 5.74) is -0.458. The molecule has 0 rings (SSSR count). The van der Waals surface area contributed by atoms with Gasteiger partial charge in [0.05, 0.1) is 5.60 Å². The molecule has 0 saturated carbocycles. The van der Waals surface area contributed by atoms with Crippen molar-refractivity contribution in [2.24, 2.45) is 0 Å². The van der Waals surface area contributed by atoms with E-state index in [1.54, 1.807) is 13.8 Å². The molecule has 1 heteroatoms. The topological polar surface area (TPSA) is 20.2 Å². The maximum absolute atomic E-state index is 8.83. The third-order valence-electron chi connectivity index (χ3n) is 0.865. The van der Waals surface area contributed by atoms with Crippen molar-refractivity contribution in [1.82, 2.24) is 0 Å². The van der Waals surface area contributed by atoms with Gasteiger partial charge in [0.25, 0.3) is 0 Å². The van der Waals surface area contributed by atoms with Crippen molar-refractivity contribution in [2.45, 2.75) is 40.2 Å². The smallest absolute Gasteiger partial charge is 0.0589 e. The quantitative estimate of drug-likeness (QED) is 0.538. The van der Waals surface area contributed by atoms with E-state index in [-0.39, 0.29) is 7.43 Å². The van der Waals surface area contributed by atoms with Crippen LogP contribution in [0.3, 0.4) is 0 Å². The van der Waals surface area contributed by atoms with Crippen molar-refractivity contribution < 1.29 is 5.11 Å². The minimum Gasteiger partial charge on any atom is -0.390 e. The van der Waals surface area contributed by atoms with Crippen LogP contribution >= 0.6 is 0 Å². The third-order valence-corrected chi connectivity index (χ3v) is 0.865. The van der Waals surface area contributed by atoms with Crippen molar-refractivity contribution in [3.05, 3.63) is 0 Å². The zero-order valence-corrected chi connectivity index (χ0v) is 4.65. The van der Waals surface area contributed by atoms with Crippen LogP contribution in [0.2, 0.25) is 0 Å². The monoisotopic (exact) mass is 104 g/mol. The molecule has 0 spiro atoms. The summed E-state index contributed by atoms with van der Waals surface area (Å²) >= 11 is 0. The summed E-state index contributed by atoms with van der Waals surface area (Å²) in [6.07, 6.45) is 0.826. The summed E-state index contributed by atoms with van der Waals surface area (Å²) in [7, 11) is 0. The molecule has 0 aromatic carbocycles. The van der Waals surface area contributed by atoms with Crippen molar-refractivity contribution >= 4 is 0 Å². The van der Waals surface area contributed by atoms with Gasteiger partial charge in [-0.15, -0.1) is 0 Å². The van der Waals surface area contributed by atoms with Gasteiger partial charge >= 0.3 is 0 Å². The van der Waals surface area contributed by atoms with Crippen LogP contribution in [-0.4, -0.2) is 10.7 Å². The van der Waals surface area contributed by atoms with Gasteiger partial charge in [0.15, 0.2) is 0 Å². The fourth-order valence-electron chi connectivity index (χ4n) is 0. The molecule has 0 fully saturated rings. The molecular weight excluding hydrogens is 88.1 g/mol. The van der Waals surface area contributed by atoms with E-state index in [9.17, 15) is 0 Å². The van der Waals surface area contributed by atoms with Crippen LogP contribution in [0.5, 0.6) is 0 Å². The molecule has 1 N–H and O–H groups in total. The Morgan fingerprint density at radius 2 is 1.57 bits per heavy atom. The first-order valence-electron chi connectivity index (χ1n) is 2.28. The molecule has 0 aliphatic carbocycles. The van der Waals surface area contributed by atoms with E-state index in [2.05, 4.69) is 0 Å². The van der Waals surface area contributed by atoms with E-state index in [0.29, 0.717) is 0 Å². The Kier molecular flexibility index (Phi) is 4.35. The number of aliphatic hydroxyl groups is 1. The number of hydrogen-bond acceptors (Lipinski definition) is 1. The van der Waals surface area contributed by atoms with Gasteiger partial charge < -0.3 is 5.11 Å². The maximum Gasteiger partial charge on any atom is 0.0589 e. The summed E-state index contributed by atoms with van der Waals surface area (Å²) < 4.78 is 0. The van der Waals surface area contributed by atoms with Gasteiger partial charge in [0, 0.05) is 0 Å². The van der Waals surface area contributed by atoms with E-state index < -0.39 is 5.60 Å². The molecule has 1 nitrogen and oxygen atoms in total. The first kappa shape index (κ1) is 10.0. The standard InChI is InChI=1S/C5H12O.CH4/c1-4-5(2,3)6;/h6H,4H2,1-3H3;1H4. The lowest BCUT2D eigenvalue weighted by atomic mass is 10.1. The Labute approximate surface area is 46.4 Å². The van der Waals surface area contributed by atoms with Crippen LogP contribution in [0.1, 0.15) is 34.6 Å². The van der Waals surface area contributed by atoms with E-state index in [0.717, 1.165) is 6.42 Å². The molecule has 0 heterocycles. The Hall–Kier alpha value is -0.0400. The second kappa shape index (κ2) is 3.03. The van der Waals surface area contributed by atoms with Gasteiger partial charge in [-0.25, -0.2) is 0 Å². The van der Waals surface area contributed by atoms with Crippen molar-refractivity contribution in [1.29, 1.82) is 0 Å². The fraction of sp³-hybridized carbons (Fsp3) is 1.00. The van der Waals surface area contributed by atoms with Crippen molar-refractivity contribution in [3.8, 4) is 0 Å². The lowest BCUT2D eigenvalue weighted by Crippen LogP contribution is -2.15. The molecule has 0 radical (unpaired) electrons. The molecule has 0 atom stereocenters. The van der Waals surface area contributed by atoms with Crippen LogP contribution in [0, 0.1) is 0 Å². The Bertz CT molecular complexity index is 33.9. The fourth-order valence-corrected chi connectivity index (χ4v) is 0. The first-order valence-corrected chi connectivity index (χ1v) is 2.28. The van der Waals surface area contributed by atoms with Gasteiger partial charge in [-0.05, 0) is 20.3 Å². The molecule has 0 aliphatic heterocycles. The highest BCUT2D eigenvalue weighted by atomic mass is 16.3. The summed E-state index contributed by atoms with van der Waals surface area (Å²) in [5, 5.41) is 8.83. The second-order valence-electron chi connectivity index (χ2n) is 2.17. The third kappa shape index (κ3) is 10.7. The minimum absolute atomic E-state index is 0. The Morgan fingerprint density at radius 1 is 1.43 bits per heavy atom. The van der Waals surface area contributed by atoms with E-state index >= 15 is 0 Å². The highest BCUT2D eigenvalue weighted by Crippen LogP contribution is 2.03. The van der Waals surface area contributed by atoms with Gasteiger partial charge in [-0.1, -0.05) is 14.4 Å². The zero-order valence-electron chi connectivity index (χ0n) is 4.65. The maximum atomic E-state index is 8.83. The molecule has 46 valence electrons. The molecule has 0 aliphatic rings. The zero-order chi connectivity index (χ0) is 5.21. The molecule has 0 bridgehead atoms. The predicted molar refractivity (Wildman–Crippen MR) is 33.3 cm³/mol. The van der Waals surface area contributed by atoms with Gasteiger partial charge in [0.1, 0.15) is 0 Å². The predicted octanol–water partition coefficient (Wildman–Crippen LogP) is 1.80. The Morgan fingerprint density at radius 3 is 1.57 bits per heavy atom. The normalized spacial score (nSPS) is 10.3.